The monoisotopic (exact) mass is 405 g/mol. The summed E-state index contributed by atoms with van der Waals surface area (Å²) in [6.07, 6.45) is 4.78. The van der Waals surface area contributed by atoms with E-state index < -0.39 is 10.0 Å². The number of nitrogens with zero attached hydrogens (tertiary/aromatic N) is 4. The molecule has 9 heteroatoms. The maximum atomic E-state index is 12.5. The third-order valence-corrected chi connectivity index (χ3v) is 6.44. The van der Waals surface area contributed by atoms with E-state index in [1.165, 1.54) is 0 Å². The zero-order valence-corrected chi connectivity index (χ0v) is 17.3. The molecule has 1 fully saturated rings. The Morgan fingerprint density at radius 2 is 1.68 bits per heavy atom. The Kier molecular flexibility index (Phi) is 5.85. The number of aromatic nitrogens is 3. The summed E-state index contributed by atoms with van der Waals surface area (Å²) < 4.78 is 27.4. The average Bonchev–Trinajstić information content (AvgIpc) is 3.20. The molecule has 152 valence electrons. The second kappa shape index (κ2) is 8.00. The zero-order valence-electron chi connectivity index (χ0n) is 16.5. The summed E-state index contributed by atoms with van der Waals surface area (Å²) in [5, 5.41) is 8.29. The maximum Gasteiger partial charge on any atom is 0.241 e. The lowest BCUT2D eigenvalue weighted by Gasteiger charge is -2.31. The highest BCUT2D eigenvalue weighted by Gasteiger charge is 2.26. The van der Waals surface area contributed by atoms with Gasteiger partial charge in [-0.2, -0.15) is 15.0 Å². The standard InChI is InChI=1S/C19H27N5O3S/c1-19(2,3)15-4-6-17(7-5-15)28(26,27)22-14-18(25)23-12-8-16(9-13-23)24-20-10-11-21-24/h4-7,10-11,16,22H,8-9,12-14H2,1-3H3. The van der Waals surface area contributed by atoms with Gasteiger partial charge in [0.2, 0.25) is 15.9 Å². The van der Waals surface area contributed by atoms with Gasteiger partial charge in [-0.05, 0) is 36.0 Å². The molecule has 0 bridgehead atoms. The first-order valence-corrected chi connectivity index (χ1v) is 10.9. The van der Waals surface area contributed by atoms with Gasteiger partial charge in [0.05, 0.1) is 29.9 Å². The van der Waals surface area contributed by atoms with Crippen LogP contribution in [0, 0.1) is 0 Å². The number of hydrogen-bond donors (Lipinski definition) is 1. The van der Waals surface area contributed by atoms with E-state index in [1.54, 1.807) is 34.2 Å². The maximum absolute atomic E-state index is 12.5. The molecular weight excluding hydrogens is 378 g/mol. The van der Waals surface area contributed by atoms with E-state index in [4.69, 9.17) is 0 Å². The van der Waals surface area contributed by atoms with Crippen LogP contribution in [-0.4, -0.2) is 53.9 Å². The molecule has 0 spiro atoms. The van der Waals surface area contributed by atoms with Crippen molar-refractivity contribution in [3.05, 3.63) is 42.2 Å². The zero-order chi connectivity index (χ0) is 20.4. The number of amides is 1. The molecule has 0 atom stereocenters. The highest BCUT2D eigenvalue weighted by atomic mass is 32.2. The van der Waals surface area contributed by atoms with Crippen LogP contribution in [0.25, 0.3) is 0 Å². The Hall–Kier alpha value is -2.26. The third-order valence-electron chi connectivity index (χ3n) is 5.02. The van der Waals surface area contributed by atoms with Gasteiger partial charge < -0.3 is 4.90 Å². The number of nitrogens with one attached hydrogen (secondary N) is 1. The first kappa shape index (κ1) is 20.5. The average molecular weight is 406 g/mol. The summed E-state index contributed by atoms with van der Waals surface area (Å²) in [5.74, 6) is -0.221. The number of carbonyl (C=O) groups excluding carboxylic acids is 1. The molecule has 1 amide bonds. The summed E-state index contributed by atoms with van der Waals surface area (Å²) in [5.41, 5.74) is 1.00. The van der Waals surface area contributed by atoms with Crippen LogP contribution in [0.15, 0.2) is 41.6 Å². The molecule has 28 heavy (non-hydrogen) atoms. The summed E-state index contributed by atoms with van der Waals surface area (Å²) in [4.78, 5) is 15.9. The van der Waals surface area contributed by atoms with Crippen molar-refractivity contribution in [1.29, 1.82) is 0 Å². The number of likely N-dealkylation sites (tertiary alicyclic amines) is 1. The van der Waals surface area contributed by atoms with Crippen LogP contribution >= 0.6 is 0 Å². The summed E-state index contributed by atoms with van der Waals surface area (Å²) >= 11 is 0. The molecule has 1 saturated heterocycles. The molecular formula is C19H27N5O3S. The number of benzene rings is 1. The van der Waals surface area contributed by atoms with Crippen LogP contribution in [0.5, 0.6) is 0 Å². The fraction of sp³-hybridized carbons (Fsp3) is 0.526. The Balaban J connectivity index is 1.54. The van der Waals surface area contributed by atoms with Gasteiger partial charge in [0, 0.05) is 13.1 Å². The molecule has 0 radical (unpaired) electrons. The lowest BCUT2D eigenvalue weighted by atomic mass is 9.87. The number of hydrogen-bond acceptors (Lipinski definition) is 5. The molecule has 3 rings (SSSR count). The van der Waals surface area contributed by atoms with Gasteiger partial charge in [-0.3, -0.25) is 4.79 Å². The SMILES string of the molecule is CC(C)(C)c1ccc(S(=O)(=O)NCC(=O)N2CCC(n3nccn3)CC2)cc1. The predicted octanol–water partition coefficient (Wildman–Crippen LogP) is 1.72. The Morgan fingerprint density at radius 1 is 1.11 bits per heavy atom. The van der Waals surface area contributed by atoms with Crippen molar-refractivity contribution in [2.24, 2.45) is 0 Å². The lowest BCUT2D eigenvalue weighted by Crippen LogP contribution is -2.44. The molecule has 1 aromatic heterocycles. The third kappa shape index (κ3) is 4.77. The number of sulfonamides is 1. The van der Waals surface area contributed by atoms with Crippen LogP contribution < -0.4 is 4.72 Å². The van der Waals surface area contributed by atoms with Crippen molar-refractivity contribution < 1.29 is 13.2 Å². The summed E-state index contributed by atoms with van der Waals surface area (Å²) in [6.45, 7) is 7.09. The number of rotatable bonds is 5. The Labute approximate surface area is 166 Å². The van der Waals surface area contributed by atoms with Crippen molar-refractivity contribution in [3.63, 3.8) is 0 Å². The van der Waals surface area contributed by atoms with Gasteiger partial charge in [0.15, 0.2) is 0 Å². The smallest absolute Gasteiger partial charge is 0.241 e. The first-order chi connectivity index (χ1) is 13.2. The van der Waals surface area contributed by atoms with Gasteiger partial charge in [-0.15, -0.1) is 0 Å². The lowest BCUT2D eigenvalue weighted by molar-refractivity contribution is -0.131. The van der Waals surface area contributed by atoms with E-state index in [0.717, 1.165) is 18.4 Å². The molecule has 0 saturated carbocycles. The summed E-state index contributed by atoms with van der Waals surface area (Å²) in [6, 6.07) is 6.96. The van der Waals surface area contributed by atoms with Gasteiger partial charge in [0.25, 0.3) is 0 Å². The van der Waals surface area contributed by atoms with Crippen LogP contribution in [0.1, 0.15) is 45.2 Å². The summed E-state index contributed by atoms with van der Waals surface area (Å²) in [7, 11) is -3.72. The van der Waals surface area contributed by atoms with Crippen LogP contribution in [0.3, 0.4) is 0 Å². The molecule has 1 aliphatic heterocycles. The van der Waals surface area contributed by atoms with Crippen molar-refractivity contribution >= 4 is 15.9 Å². The van der Waals surface area contributed by atoms with Gasteiger partial charge in [-0.25, -0.2) is 13.1 Å². The topological polar surface area (TPSA) is 97.2 Å². The van der Waals surface area contributed by atoms with Gasteiger partial charge in [0.1, 0.15) is 0 Å². The van der Waals surface area contributed by atoms with Crippen LogP contribution in [-0.2, 0) is 20.2 Å². The van der Waals surface area contributed by atoms with Crippen LogP contribution in [0.2, 0.25) is 0 Å². The van der Waals surface area contributed by atoms with Gasteiger partial charge in [-0.1, -0.05) is 32.9 Å². The molecule has 1 N–H and O–H groups in total. The Bertz CT molecular complexity index is 894. The van der Waals surface area contributed by atoms with Crippen molar-refractivity contribution in [2.75, 3.05) is 19.6 Å². The van der Waals surface area contributed by atoms with Crippen molar-refractivity contribution in [3.8, 4) is 0 Å². The first-order valence-electron chi connectivity index (χ1n) is 9.40. The van der Waals surface area contributed by atoms with E-state index >= 15 is 0 Å². The number of carbonyl (C=O) groups is 1. The molecule has 0 unspecified atom stereocenters. The molecule has 8 nitrogen and oxygen atoms in total. The molecule has 1 aromatic carbocycles. The second-order valence-corrected chi connectivity index (χ2v) is 9.83. The van der Waals surface area contributed by atoms with E-state index in [9.17, 15) is 13.2 Å². The largest absolute Gasteiger partial charge is 0.341 e. The highest BCUT2D eigenvalue weighted by Crippen LogP contribution is 2.23. The normalized spacial score (nSPS) is 16.3. The quantitative estimate of drug-likeness (QED) is 0.817. The van der Waals surface area contributed by atoms with E-state index in [0.29, 0.717) is 13.1 Å². The molecule has 0 aliphatic carbocycles. The van der Waals surface area contributed by atoms with Crippen molar-refractivity contribution in [1.82, 2.24) is 24.6 Å². The van der Waals surface area contributed by atoms with E-state index in [2.05, 4.69) is 35.7 Å². The predicted molar refractivity (Wildman–Crippen MR) is 105 cm³/mol. The van der Waals surface area contributed by atoms with E-state index in [-0.39, 0.29) is 28.8 Å². The van der Waals surface area contributed by atoms with Crippen molar-refractivity contribution in [2.45, 2.75) is 50.0 Å². The minimum Gasteiger partial charge on any atom is -0.341 e. The fourth-order valence-corrected chi connectivity index (χ4v) is 4.22. The minimum absolute atomic E-state index is 0.0521. The van der Waals surface area contributed by atoms with Crippen LogP contribution in [0.4, 0.5) is 0 Å². The highest BCUT2D eigenvalue weighted by molar-refractivity contribution is 7.89. The fourth-order valence-electron chi connectivity index (χ4n) is 3.25. The molecule has 1 aliphatic rings. The van der Waals surface area contributed by atoms with E-state index in [1.807, 2.05) is 12.1 Å². The minimum atomic E-state index is -3.72. The number of piperidine rings is 1. The molecule has 2 aromatic rings. The Morgan fingerprint density at radius 3 is 2.21 bits per heavy atom. The van der Waals surface area contributed by atoms with Gasteiger partial charge >= 0.3 is 0 Å². The second-order valence-electron chi connectivity index (χ2n) is 8.06. The molecule has 2 heterocycles.